The van der Waals surface area contributed by atoms with Crippen LogP contribution in [0.5, 0.6) is 0 Å². The van der Waals surface area contributed by atoms with Gasteiger partial charge in [0, 0.05) is 22.5 Å². The summed E-state index contributed by atoms with van der Waals surface area (Å²) in [7, 11) is 0. The summed E-state index contributed by atoms with van der Waals surface area (Å²) < 4.78 is 0. The molecular formula is C7H11NS. The molecule has 0 atom stereocenters. The van der Waals surface area contributed by atoms with E-state index in [2.05, 4.69) is 24.9 Å². The van der Waals surface area contributed by atoms with Crippen molar-refractivity contribution in [2.75, 3.05) is 0 Å². The summed E-state index contributed by atoms with van der Waals surface area (Å²) in [4.78, 5) is 4.34. The van der Waals surface area contributed by atoms with Crippen molar-refractivity contribution < 1.29 is 0 Å². The van der Waals surface area contributed by atoms with Crippen LogP contribution in [-0.4, -0.2) is 10.2 Å². The average molecular weight is 141 g/mol. The number of H-pyrrole nitrogens is 1. The number of aromatic amines is 1. The van der Waals surface area contributed by atoms with Gasteiger partial charge in [-0.15, -0.1) is 11.8 Å². The SMILES string of the molecule is CC(C)Sc1cc[nH]c1. The van der Waals surface area contributed by atoms with Crippen molar-refractivity contribution in [2.45, 2.75) is 24.0 Å². The van der Waals surface area contributed by atoms with Gasteiger partial charge in [-0.3, -0.25) is 0 Å². The smallest absolute Gasteiger partial charge is 0.0249 e. The van der Waals surface area contributed by atoms with Crippen LogP contribution in [0.4, 0.5) is 0 Å². The predicted molar refractivity (Wildman–Crippen MR) is 41.8 cm³/mol. The summed E-state index contributed by atoms with van der Waals surface area (Å²) >= 11 is 1.87. The Labute approximate surface area is 59.9 Å². The highest BCUT2D eigenvalue weighted by Crippen LogP contribution is 2.21. The molecule has 50 valence electrons. The molecule has 1 N–H and O–H groups in total. The maximum Gasteiger partial charge on any atom is 0.0249 e. The monoisotopic (exact) mass is 141 g/mol. The fraction of sp³-hybridized carbons (Fsp3) is 0.429. The highest BCUT2D eigenvalue weighted by molar-refractivity contribution is 7.99. The zero-order chi connectivity index (χ0) is 6.69. The fourth-order valence-electron chi connectivity index (χ4n) is 0.654. The molecule has 0 radical (unpaired) electrons. The lowest BCUT2D eigenvalue weighted by atomic mass is 10.6. The first-order chi connectivity index (χ1) is 4.29. The zero-order valence-electron chi connectivity index (χ0n) is 5.72. The molecule has 2 heteroatoms. The minimum Gasteiger partial charge on any atom is -0.367 e. The molecule has 0 saturated carbocycles. The molecular weight excluding hydrogens is 130 g/mol. The molecule has 0 saturated heterocycles. The van der Waals surface area contributed by atoms with Gasteiger partial charge < -0.3 is 4.98 Å². The molecule has 0 aromatic carbocycles. The van der Waals surface area contributed by atoms with Gasteiger partial charge in [0.15, 0.2) is 0 Å². The van der Waals surface area contributed by atoms with E-state index in [4.69, 9.17) is 0 Å². The van der Waals surface area contributed by atoms with Gasteiger partial charge in [0.2, 0.25) is 0 Å². The van der Waals surface area contributed by atoms with E-state index in [1.807, 2.05) is 24.2 Å². The Morgan fingerprint density at radius 3 is 2.78 bits per heavy atom. The Balaban J connectivity index is 2.48. The summed E-state index contributed by atoms with van der Waals surface area (Å²) in [5.41, 5.74) is 0. The quantitative estimate of drug-likeness (QED) is 0.626. The minimum atomic E-state index is 0.681. The van der Waals surface area contributed by atoms with Crippen molar-refractivity contribution in [3.8, 4) is 0 Å². The van der Waals surface area contributed by atoms with Gasteiger partial charge in [0.25, 0.3) is 0 Å². The number of aromatic nitrogens is 1. The molecule has 1 aromatic rings. The van der Waals surface area contributed by atoms with Crippen molar-refractivity contribution in [3.63, 3.8) is 0 Å². The van der Waals surface area contributed by atoms with Gasteiger partial charge in [0.1, 0.15) is 0 Å². The van der Waals surface area contributed by atoms with Gasteiger partial charge in [-0.05, 0) is 6.07 Å². The first kappa shape index (κ1) is 6.75. The van der Waals surface area contributed by atoms with Crippen LogP contribution in [0.3, 0.4) is 0 Å². The van der Waals surface area contributed by atoms with E-state index in [1.54, 1.807) is 0 Å². The first-order valence-electron chi connectivity index (χ1n) is 3.08. The summed E-state index contributed by atoms with van der Waals surface area (Å²) in [6.07, 6.45) is 3.97. The van der Waals surface area contributed by atoms with E-state index in [0.29, 0.717) is 5.25 Å². The van der Waals surface area contributed by atoms with Crippen molar-refractivity contribution in [3.05, 3.63) is 18.5 Å². The molecule has 1 rings (SSSR count). The number of nitrogens with one attached hydrogen (secondary N) is 1. The molecule has 9 heavy (non-hydrogen) atoms. The largest absolute Gasteiger partial charge is 0.367 e. The molecule has 1 aromatic heterocycles. The van der Waals surface area contributed by atoms with Crippen LogP contribution in [0.15, 0.2) is 23.4 Å². The molecule has 1 nitrogen and oxygen atoms in total. The topological polar surface area (TPSA) is 15.8 Å². The van der Waals surface area contributed by atoms with Gasteiger partial charge >= 0.3 is 0 Å². The summed E-state index contributed by atoms with van der Waals surface area (Å²) in [5, 5.41) is 0.681. The second kappa shape index (κ2) is 2.97. The Morgan fingerprint density at radius 1 is 1.56 bits per heavy atom. The van der Waals surface area contributed by atoms with Crippen molar-refractivity contribution >= 4 is 11.8 Å². The Hall–Kier alpha value is -0.370. The number of rotatable bonds is 2. The predicted octanol–water partition coefficient (Wildman–Crippen LogP) is 2.52. The van der Waals surface area contributed by atoms with Crippen molar-refractivity contribution in [2.24, 2.45) is 0 Å². The minimum absolute atomic E-state index is 0.681. The Morgan fingerprint density at radius 2 is 2.33 bits per heavy atom. The zero-order valence-corrected chi connectivity index (χ0v) is 6.53. The summed E-state index contributed by atoms with van der Waals surface area (Å²) in [5.74, 6) is 0. The lowest BCUT2D eigenvalue weighted by Crippen LogP contribution is -1.82. The van der Waals surface area contributed by atoms with Crippen LogP contribution in [0, 0.1) is 0 Å². The second-order valence-electron chi connectivity index (χ2n) is 2.21. The second-order valence-corrected chi connectivity index (χ2v) is 3.86. The number of hydrogen-bond acceptors (Lipinski definition) is 1. The van der Waals surface area contributed by atoms with E-state index in [-0.39, 0.29) is 0 Å². The molecule has 0 aliphatic rings. The van der Waals surface area contributed by atoms with Crippen LogP contribution in [-0.2, 0) is 0 Å². The Bertz CT molecular complexity index is 155. The van der Waals surface area contributed by atoms with Gasteiger partial charge in [-0.2, -0.15) is 0 Å². The van der Waals surface area contributed by atoms with Gasteiger partial charge in [-0.25, -0.2) is 0 Å². The third kappa shape index (κ3) is 2.14. The molecule has 0 amide bonds. The third-order valence-electron chi connectivity index (χ3n) is 0.941. The molecule has 0 aliphatic carbocycles. The van der Waals surface area contributed by atoms with E-state index in [0.717, 1.165) is 0 Å². The molecule has 0 fully saturated rings. The van der Waals surface area contributed by atoms with E-state index in [1.165, 1.54) is 4.90 Å². The maximum atomic E-state index is 3.01. The van der Waals surface area contributed by atoms with Crippen LogP contribution < -0.4 is 0 Å². The molecule has 0 unspecified atom stereocenters. The first-order valence-corrected chi connectivity index (χ1v) is 3.96. The van der Waals surface area contributed by atoms with E-state index < -0.39 is 0 Å². The van der Waals surface area contributed by atoms with Gasteiger partial charge in [-0.1, -0.05) is 13.8 Å². The molecule has 0 spiro atoms. The summed E-state index contributed by atoms with van der Waals surface area (Å²) in [6.45, 7) is 4.38. The average Bonchev–Trinajstić information content (AvgIpc) is 2.15. The number of hydrogen-bond donors (Lipinski definition) is 1. The number of thioether (sulfide) groups is 1. The van der Waals surface area contributed by atoms with Gasteiger partial charge in [0.05, 0.1) is 0 Å². The highest BCUT2D eigenvalue weighted by atomic mass is 32.2. The normalized spacial score (nSPS) is 10.6. The van der Waals surface area contributed by atoms with Crippen LogP contribution >= 0.6 is 11.8 Å². The lowest BCUT2D eigenvalue weighted by Gasteiger charge is -1.98. The lowest BCUT2D eigenvalue weighted by molar-refractivity contribution is 1.11. The fourth-order valence-corrected chi connectivity index (χ4v) is 1.48. The molecule has 0 bridgehead atoms. The maximum absolute atomic E-state index is 3.01. The highest BCUT2D eigenvalue weighted by Gasteiger charge is 1.95. The van der Waals surface area contributed by atoms with Crippen molar-refractivity contribution in [1.29, 1.82) is 0 Å². The van der Waals surface area contributed by atoms with Crippen LogP contribution in [0.1, 0.15) is 13.8 Å². The molecule has 1 heterocycles. The van der Waals surface area contributed by atoms with E-state index in [9.17, 15) is 0 Å². The standard InChI is InChI=1S/C7H11NS/c1-6(2)9-7-3-4-8-5-7/h3-6,8H,1-2H3. The van der Waals surface area contributed by atoms with Crippen LogP contribution in [0.2, 0.25) is 0 Å². The Kier molecular flexibility index (Phi) is 2.22. The molecule has 0 aliphatic heterocycles. The van der Waals surface area contributed by atoms with Crippen LogP contribution in [0.25, 0.3) is 0 Å². The third-order valence-corrected chi connectivity index (χ3v) is 1.94. The van der Waals surface area contributed by atoms with Crippen molar-refractivity contribution in [1.82, 2.24) is 4.98 Å². The van der Waals surface area contributed by atoms with E-state index >= 15 is 0 Å². The summed E-state index contributed by atoms with van der Waals surface area (Å²) in [6, 6.07) is 2.09.